The first-order chi connectivity index (χ1) is 15.0. The summed E-state index contributed by atoms with van der Waals surface area (Å²) in [7, 11) is 0. The summed E-state index contributed by atoms with van der Waals surface area (Å²) in [6.45, 7) is 9.81. The first-order valence-corrected chi connectivity index (χ1v) is 11.8. The van der Waals surface area contributed by atoms with Crippen molar-refractivity contribution in [2.24, 2.45) is 5.92 Å². The number of carbonyl (C=O) groups excluding carboxylic acids is 1. The van der Waals surface area contributed by atoms with Gasteiger partial charge in [-0.25, -0.2) is 4.79 Å². The van der Waals surface area contributed by atoms with E-state index < -0.39 is 17.7 Å². The van der Waals surface area contributed by atoms with Gasteiger partial charge in [-0.15, -0.1) is 0 Å². The van der Waals surface area contributed by atoms with Crippen molar-refractivity contribution in [2.75, 3.05) is 0 Å². The Balaban J connectivity index is 1.71. The van der Waals surface area contributed by atoms with Gasteiger partial charge in [-0.2, -0.15) is 0 Å². The van der Waals surface area contributed by atoms with Crippen LogP contribution in [0.5, 0.6) is 5.75 Å². The van der Waals surface area contributed by atoms with Crippen molar-refractivity contribution < 1.29 is 24.5 Å². The van der Waals surface area contributed by atoms with Crippen LogP contribution in [0.3, 0.4) is 0 Å². The van der Waals surface area contributed by atoms with Crippen LogP contribution in [0.1, 0.15) is 82.6 Å². The highest BCUT2D eigenvalue weighted by molar-refractivity contribution is 5.90. The van der Waals surface area contributed by atoms with Gasteiger partial charge in [0.05, 0.1) is 22.9 Å². The maximum absolute atomic E-state index is 13.0. The van der Waals surface area contributed by atoms with Gasteiger partial charge in [0.2, 0.25) is 0 Å². The van der Waals surface area contributed by atoms with Crippen LogP contribution < -0.4 is 0 Å². The van der Waals surface area contributed by atoms with E-state index in [0.29, 0.717) is 30.7 Å². The van der Waals surface area contributed by atoms with Gasteiger partial charge in [0.25, 0.3) is 0 Å². The Morgan fingerprint density at radius 1 is 1.19 bits per heavy atom. The fourth-order valence-corrected chi connectivity index (χ4v) is 5.24. The number of allylic oxidation sites excluding steroid dienone is 3. The molecule has 1 aromatic rings. The van der Waals surface area contributed by atoms with Crippen LogP contribution in [0.4, 0.5) is 0 Å². The Bertz CT molecular complexity index is 967. The fourth-order valence-electron chi connectivity index (χ4n) is 5.24. The molecule has 32 heavy (non-hydrogen) atoms. The Kier molecular flexibility index (Phi) is 6.01. The van der Waals surface area contributed by atoms with Gasteiger partial charge in [0.1, 0.15) is 11.9 Å². The second kappa shape index (κ2) is 8.35. The summed E-state index contributed by atoms with van der Waals surface area (Å²) in [6, 6.07) is 4.90. The minimum atomic E-state index is -1.17. The van der Waals surface area contributed by atoms with E-state index in [4.69, 9.17) is 9.47 Å². The SMILES string of the molecule is CC1=CCC2OC2(C)CCC(C(C)(C)O)OC(=O)c2ccc(O)c(c2)CC2=C(C)CCC12. The highest BCUT2D eigenvalue weighted by Gasteiger charge is 2.51. The molecule has 2 heterocycles. The summed E-state index contributed by atoms with van der Waals surface area (Å²) in [5.74, 6) is 0.0764. The van der Waals surface area contributed by atoms with Crippen molar-refractivity contribution in [3.05, 3.63) is 52.1 Å². The molecule has 4 atom stereocenters. The molecule has 1 aromatic carbocycles. The molecule has 0 amide bonds. The predicted octanol–water partition coefficient (Wildman–Crippen LogP) is 5.25. The number of cyclic esters (lactones) is 1. The number of aromatic hydroxyl groups is 1. The molecule has 1 saturated heterocycles. The second-order valence-corrected chi connectivity index (χ2v) is 10.6. The molecule has 2 bridgehead atoms. The number of benzene rings is 1. The largest absolute Gasteiger partial charge is 0.508 e. The number of epoxide rings is 1. The van der Waals surface area contributed by atoms with Gasteiger partial charge in [-0.05, 0) is 96.9 Å². The summed E-state index contributed by atoms with van der Waals surface area (Å²) < 4.78 is 11.8. The molecular weight excluding hydrogens is 404 g/mol. The number of phenolic OH excluding ortho intramolecular Hbond substituents is 1. The van der Waals surface area contributed by atoms with Crippen LogP contribution in [-0.4, -0.2) is 39.6 Å². The lowest BCUT2D eigenvalue weighted by Gasteiger charge is -2.30. The van der Waals surface area contributed by atoms with E-state index >= 15 is 0 Å². The molecule has 3 aliphatic rings. The number of esters is 1. The van der Waals surface area contributed by atoms with Crippen molar-refractivity contribution in [3.63, 3.8) is 0 Å². The van der Waals surface area contributed by atoms with Crippen LogP contribution in [0.25, 0.3) is 0 Å². The number of ether oxygens (including phenoxy) is 2. The molecule has 174 valence electrons. The lowest BCUT2D eigenvalue weighted by Crippen LogP contribution is -2.40. The van der Waals surface area contributed by atoms with Crippen molar-refractivity contribution in [3.8, 4) is 5.75 Å². The zero-order valence-electron chi connectivity index (χ0n) is 19.9. The van der Waals surface area contributed by atoms with Crippen LogP contribution >= 0.6 is 0 Å². The molecule has 5 nitrogen and oxygen atoms in total. The molecule has 1 fully saturated rings. The zero-order chi connectivity index (χ0) is 23.3. The first kappa shape index (κ1) is 23.1. The first-order valence-electron chi connectivity index (χ1n) is 11.8. The highest BCUT2D eigenvalue weighted by Crippen LogP contribution is 2.45. The summed E-state index contributed by atoms with van der Waals surface area (Å²) in [6.07, 6.45) is 6.65. The molecule has 4 unspecified atom stereocenters. The Morgan fingerprint density at radius 2 is 1.94 bits per heavy atom. The number of hydrogen-bond donors (Lipinski definition) is 2. The zero-order valence-corrected chi connectivity index (χ0v) is 19.9. The summed E-state index contributed by atoms with van der Waals surface area (Å²) in [5.41, 5.74) is 3.76. The average molecular weight is 441 g/mol. The fraction of sp³-hybridized carbons (Fsp3) is 0.593. The van der Waals surface area contributed by atoms with Crippen LogP contribution in [0.2, 0.25) is 0 Å². The molecule has 1 aliphatic carbocycles. The Hall–Kier alpha value is -2.11. The minimum Gasteiger partial charge on any atom is -0.508 e. The third-order valence-electron chi connectivity index (χ3n) is 7.65. The number of phenols is 1. The Labute approximate surface area is 191 Å². The quantitative estimate of drug-likeness (QED) is 0.354. The van der Waals surface area contributed by atoms with Gasteiger partial charge in [-0.1, -0.05) is 22.8 Å². The lowest BCUT2D eigenvalue weighted by molar-refractivity contribution is -0.0694. The molecule has 0 radical (unpaired) electrons. The van der Waals surface area contributed by atoms with Crippen molar-refractivity contribution in [1.82, 2.24) is 0 Å². The van der Waals surface area contributed by atoms with Gasteiger partial charge in [0, 0.05) is 5.92 Å². The summed E-state index contributed by atoms with van der Waals surface area (Å²) in [4.78, 5) is 13.0. The van der Waals surface area contributed by atoms with Crippen molar-refractivity contribution in [2.45, 2.75) is 96.6 Å². The molecule has 4 rings (SSSR count). The maximum Gasteiger partial charge on any atom is 0.338 e. The van der Waals surface area contributed by atoms with Crippen molar-refractivity contribution >= 4 is 5.97 Å². The van der Waals surface area contributed by atoms with E-state index in [9.17, 15) is 15.0 Å². The van der Waals surface area contributed by atoms with E-state index in [-0.39, 0.29) is 17.5 Å². The molecule has 2 aliphatic heterocycles. The van der Waals surface area contributed by atoms with E-state index in [1.807, 2.05) is 0 Å². The topological polar surface area (TPSA) is 79.3 Å². The highest BCUT2D eigenvalue weighted by atomic mass is 16.6. The molecule has 0 spiro atoms. The Morgan fingerprint density at radius 3 is 2.66 bits per heavy atom. The molecular formula is C27H36O5. The van der Waals surface area contributed by atoms with Gasteiger partial charge < -0.3 is 19.7 Å². The third kappa shape index (κ3) is 4.65. The van der Waals surface area contributed by atoms with Crippen LogP contribution in [0.15, 0.2) is 41.0 Å². The normalized spacial score (nSPS) is 31.5. The minimum absolute atomic E-state index is 0.148. The van der Waals surface area contributed by atoms with E-state index in [1.165, 1.54) is 16.7 Å². The van der Waals surface area contributed by atoms with Gasteiger partial charge in [-0.3, -0.25) is 0 Å². The predicted molar refractivity (Wildman–Crippen MR) is 124 cm³/mol. The number of hydrogen-bond acceptors (Lipinski definition) is 5. The van der Waals surface area contributed by atoms with E-state index in [1.54, 1.807) is 32.0 Å². The monoisotopic (exact) mass is 440 g/mol. The lowest BCUT2D eigenvalue weighted by atomic mass is 9.86. The molecule has 0 saturated carbocycles. The second-order valence-electron chi connectivity index (χ2n) is 10.6. The smallest absolute Gasteiger partial charge is 0.338 e. The average Bonchev–Trinajstić information content (AvgIpc) is 3.23. The van der Waals surface area contributed by atoms with Crippen LogP contribution in [-0.2, 0) is 15.9 Å². The summed E-state index contributed by atoms with van der Waals surface area (Å²) in [5, 5.41) is 21.2. The van der Waals surface area contributed by atoms with E-state index in [0.717, 1.165) is 24.8 Å². The maximum atomic E-state index is 13.0. The van der Waals surface area contributed by atoms with Crippen molar-refractivity contribution in [1.29, 1.82) is 0 Å². The summed E-state index contributed by atoms with van der Waals surface area (Å²) >= 11 is 0. The molecule has 0 aromatic heterocycles. The molecule has 2 N–H and O–H groups in total. The number of rotatable bonds is 1. The number of carbonyl (C=O) groups is 1. The molecule has 5 heteroatoms. The standard InChI is InChI=1S/C27H36O5/c1-16-7-11-24-27(5,32-24)13-12-23(26(3,4)30)31-25(29)18-8-10-22(28)19(14-18)15-21-17(2)6-9-20(16)21/h7-8,10,14,20,23-24,28,30H,6,9,11-13,15H2,1-5H3. The number of aliphatic hydroxyl groups is 1. The number of fused-ring (bicyclic) bond motifs is 4. The van der Waals surface area contributed by atoms with Gasteiger partial charge in [0.15, 0.2) is 0 Å². The van der Waals surface area contributed by atoms with Gasteiger partial charge >= 0.3 is 5.97 Å². The van der Waals surface area contributed by atoms with E-state index in [2.05, 4.69) is 26.8 Å². The third-order valence-corrected chi connectivity index (χ3v) is 7.65. The van der Waals surface area contributed by atoms with Crippen LogP contribution in [0, 0.1) is 5.92 Å².